The van der Waals surface area contributed by atoms with Crippen molar-refractivity contribution in [3.63, 3.8) is 0 Å². The van der Waals surface area contributed by atoms with E-state index in [9.17, 15) is 13.2 Å². The first-order valence-corrected chi connectivity index (χ1v) is 4.26. The molecular weight excluding hydrogens is 227 g/mol. The van der Waals surface area contributed by atoms with Gasteiger partial charge >= 0.3 is 6.18 Å². The van der Waals surface area contributed by atoms with Gasteiger partial charge in [-0.15, -0.1) is 5.10 Å². The van der Waals surface area contributed by atoms with Crippen LogP contribution >= 0.6 is 0 Å². The first-order valence-electron chi connectivity index (χ1n) is 4.26. The molecule has 2 N–H and O–H groups in total. The van der Waals surface area contributed by atoms with E-state index in [1.165, 1.54) is 13.2 Å². The van der Waals surface area contributed by atoms with E-state index in [0.717, 1.165) is 0 Å². The van der Waals surface area contributed by atoms with Gasteiger partial charge in [-0.25, -0.2) is 0 Å². The topological polar surface area (TPSA) is 70.3 Å². The van der Waals surface area contributed by atoms with Crippen molar-refractivity contribution < 1.29 is 22.6 Å². The predicted molar refractivity (Wildman–Crippen MR) is 48.0 cm³/mol. The zero-order valence-corrected chi connectivity index (χ0v) is 8.41. The van der Waals surface area contributed by atoms with Crippen molar-refractivity contribution in [3.05, 3.63) is 11.8 Å². The van der Waals surface area contributed by atoms with E-state index < -0.39 is 12.8 Å². The van der Waals surface area contributed by atoms with Crippen molar-refractivity contribution in [1.29, 1.82) is 0 Å². The fourth-order valence-electron chi connectivity index (χ4n) is 0.905. The summed E-state index contributed by atoms with van der Waals surface area (Å²) >= 11 is 0. The lowest BCUT2D eigenvalue weighted by atomic mass is 10.3. The van der Waals surface area contributed by atoms with Crippen molar-refractivity contribution in [1.82, 2.24) is 10.2 Å². The van der Waals surface area contributed by atoms with Gasteiger partial charge in [0, 0.05) is 12.6 Å². The van der Waals surface area contributed by atoms with Crippen LogP contribution in [0.4, 0.5) is 13.2 Å². The van der Waals surface area contributed by atoms with Crippen molar-refractivity contribution in [2.75, 3.05) is 13.7 Å². The average Bonchev–Trinajstić information content (AvgIpc) is 2.25. The van der Waals surface area contributed by atoms with Gasteiger partial charge in [0.25, 0.3) is 5.88 Å². The Bertz CT molecular complexity index is 357. The molecule has 0 unspecified atom stereocenters. The third kappa shape index (κ3) is 3.54. The van der Waals surface area contributed by atoms with Crippen LogP contribution in [0.3, 0.4) is 0 Å². The van der Waals surface area contributed by atoms with Gasteiger partial charge in [-0.1, -0.05) is 0 Å². The predicted octanol–water partition coefficient (Wildman–Crippen LogP) is 0.885. The maximum Gasteiger partial charge on any atom is 0.422 e. The van der Waals surface area contributed by atoms with Crippen LogP contribution in [-0.2, 0) is 6.54 Å². The normalized spacial score (nSPS) is 11.3. The first-order chi connectivity index (χ1) is 7.46. The van der Waals surface area contributed by atoms with Gasteiger partial charge in [-0.2, -0.15) is 18.3 Å². The second-order valence-electron chi connectivity index (χ2n) is 2.82. The molecule has 0 aliphatic rings. The van der Waals surface area contributed by atoms with Gasteiger partial charge in [-0.05, 0) is 0 Å². The van der Waals surface area contributed by atoms with Gasteiger partial charge < -0.3 is 15.2 Å². The summed E-state index contributed by atoms with van der Waals surface area (Å²) in [4.78, 5) is 0. The van der Waals surface area contributed by atoms with E-state index >= 15 is 0 Å². The van der Waals surface area contributed by atoms with Crippen LogP contribution in [0, 0.1) is 0 Å². The molecule has 1 rings (SSSR count). The molecule has 1 aromatic heterocycles. The fraction of sp³-hybridized carbons (Fsp3) is 0.500. The second kappa shape index (κ2) is 4.97. The van der Waals surface area contributed by atoms with E-state index in [0.29, 0.717) is 5.69 Å². The smallest absolute Gasteiger partial charge is 0.422 e. The molecule has 0 bridgehead atoms. The lowest BCUT2D eigenvalue weighted by Crippen LogP contribution is -2.20. The second-order valence-corrected chi connectivity index (χ2v) is 2.82. The summed E-state index contributed by atoms with van der Waals surface area (Å²) in [6.45, 7) is -1.36. The Hall–Kier alpha value is -1.57. The molecule has 0 aromatic carbocycles. The highest BCUT2D eigenvalue weighted by atomic mass is 19.4. The zero-order valence-electron chi connectivity index (χ0n) is 8.41. The van der Waals surface area contributed by atoms with Gasteiger partial charge in [0.2, 0.25) is 0 Å². The molecule has 5 nitrogen and oxygen atoms in total. The monoisotopic (exact) mass is 237 g/mol. The summed E-state index contributed by atoms with van der Waals surface area (Å²) < 4.78 is 45.0. The first kappa shape index (κ1) is 12.5. The van der Waals surface area contributed by atoms with Gasteiger partial charge in [0.05, 0.1) is 12.8 Å². The van der Waals surface area contributed by atoms with E-state index in [-0.39, 0.29) is 18.2 Å². The molecule has 0 amide bonds. The molecule has 0 aliphatic heterocycles. The molecule has 8 heteroatoms. The highest BCUT2D eigenvalue weighted by Crippen LogP contribution is 2.26. The van der Waals surface area contributed by atoms with Crippen molar-refractivity contribution in [2.24, 2.45) is 5.73 Å². The standard InChI is InChI=1S/C8H10F3N3O2/c1-15-7-6(16-4-8(9,10)11)2-5(3-12)13-14-7/h2H,3-4,12H2,1H3. The minimum atomic E-state index is -4.42. The Morgan fingerprint density at radius 2 is 2.06 bits per heavy atom. The molecule has 90 valence electrons. The summed E-state index contributed by atoms with van der Waals surface area (Å²) in [5.74, 6) is -0.239. The lowest BCUT2D eigenvalue weighted by molar-refractivity contribution is -0.153. The number of nitrogens with zero attached hydrogens (tertiary/aromatic N) is 2. The average molecular weight is 237 g/mol. The van der Waals surface area contributed by atoms with Crippen LogP contribution in [0.15, 0.2) is 6.07 Å². The summed E-state index contributed by atoms with van der Waals surface area (Å²) in [5.41, 5.74) is 5.59. The molecule has 0 fully saturated rings. The van der Waals surface area contributed by atoms with E-state index in [2.05, 4.69) is 14.9 Å². The van der Waals surface area contributed by atoms with Crippen LogP contribution in [0.5, 0.6) is 11.6 Å². The maximum absolute atomic E-state index is 11.9. The van der Waals surface area contributed by atoms with Crippen molar-refractivity contribution >= 4 is 0 Å². The minimum Gasteiger partial charge on any atom is -0.478 e. The zero-order chi connectivity index (χ0) is 12.2. The minimum absolute atomic E-state index is 0.0549. The van der Waals surface area contributed by atoms with Gasteiger partial charge in [0.15, 0.2) is 12.4 Å². The maximum atomic E-state index is 11.9. The van der Waals surface area contributed by atoms with Crippen molar-refractivity contribution in [3.8, 4) is 11.6 Å². The van der Waals surface area contributed by atoms with Crippen LogP contribution < -0.4 is 15.2 Å². The van der Waals surface area contributed by atoms with Crippen LogP contribution in [-0.4, -0.2) is 30.1 Å². The molecule has 0 spiro atoms. The number of methoxy groups -OCH3 is 1. The third-order valence-electron chi connectivity index (χ3n) is 1.57. The van der Waals surface area contributed by atoms with Crippen LogP contribution in [0.2, 0.25) is 0 Å². The number of ether oxygens (including phenoxy) is 2. The number of halogens is 3. The Morgan fingerprint density at radius 1 is 1.38 bits per heavy atom. The Kier molecular flexibility index (Phi) is 3.88. The van der Waals surface area contributed by atoms with E-state index in [4.69, 9.17) is 10.5 Å². The number of nitrogens with two attached hydrogens (primary N) is 1. The van der Waals surface area contributed by atoms with Gasteiger partial charge in [-0.3, -0.25) is 0 Å². The van der Waals surface area contributed by atoms with Crippen molar-refractivity contribution in [2.45, 2.75) is 12.7 Å². The molecule has 1 aromatic rings. The molecule has 0 aliphatic carbocycles. The van der Waals surface area contributed by atoms with E-state index in [1.807, 2.05) is 0 Å². The lowest BCUT2D eigenvalue weighted by Gasteiger charge is -2.11. The Morgan fingerprint density at radius 3 is 2.56 bits per heavy atom. The molecule has 0 saturated heterocycles. The SMILES string of the molecule is COc1nnc(CN)cc1OCC(F)(F)F. The molecule has 1 heterocycles. The summed E-state index contributed by atoms with van der Waals surface area (Å²) in [5, 5.41) is 7.14. The number of rotatable bonds is 4. The molecular formula is C8H10F3N3O2. The Labute approximate surface area is 89.4 Å². The number of alkyl halides is 3. The quantitative estimate of drug-likeness (QED) is 0.841. The highest BCUT2D eigenvalue weighted by Gasteiger charge is 2.29. The summed E-state index contributed by atoms with van der Waals surface area (Å²) in [7, 11) is 1.26. The Balaban J connectivity index is 2.83. The number of hydrogen-bond donors (Lipinski definition) is 1. The summed E-state index contributed by atoms with van der Waals surface area (Å²) in [6, 6.07) is 1.26. The van der Waals surface area contributed by atoms with Crippen LogP contribution in [0.25, 0.3) is 0 Å². The fourth-order valence-corrected chi connectivity index (χ4v) is 0.905. The third-order valence-corrected chi connectivity index (χ3v) is 1.57. The molecule has 0 atom stereocenters. The molecule has 0 saturated carbocycles. The molecule has 16 heavy (non-hydrogen) atoms. The van der Waals surface area contributed by atoms with E-state index in [1.54, 1.807) is 0 Å². The number of hydrogen-bond acceptors (Lipinski definition) is 5. The number of aromatic nitrogens is 2. The highest BCUT2D eigenvalue weighted by molar-refractivity contribution is 5.33. The van der Waals surface area contributed by atoms with Gasteiger partial charge in [0.1, 0.15) is 0 Å². The van der Waals surface area contributed by atoms with Crippen LogP contribution in [0.1, 0.15) is 5.69 Å². The largest absolute Gasteiger partial charge is 0.478 e. The summed E-state index contributed by atoms with van der Waals surface area (Å²) in [6.07, 6.45) is -4.42. The molecule has 0 radical (unpaired) electrons.